The third-order valence-corrected chi connectivity index (χ3v) is 5.15. The Bertz CT molecular complexity index is 359. The molecule has 2 saturated carbocycles. The zero-order valence-corrected chi connectivity index (χ0v) is 14.8. The van der Waals surface area contributed by atoms with Crippen LogP contribution in [0.15, 0.2) is 0 Å². The van der Waals surface area contributed by atoms with Crippen molar-refractivity contribution >= 4 is 6.09 Å². The second kappa shape index (κ2) is 7.67. The van der Waals surface area contributed by atoms with Crippen molar-refractivity contribution in [2.75, 3.05) is 6.54 Å². The van der Waals surface area contributed by atoms with Crippen molar-refractivity contribution < 1.29 is 9.53 Å². The van der Waals surface area contributed by atoms with Crippen molar-refractivity contribution in [2.45, 2.75) is 90.3 Å². The third kappa shape index (κ3) is 5.45. The lowest BCUT2D eigenvalue weighted by atomic mass is 9.96. The molecule has 2 unspecified atom stereocenters. The normalized spacial score (nSPS) is 27.8. The molecule has 2 fully saturated rings. The van der Waals surface area contributed by atoms with Gasteiger partial charge in [0.25, 0.3) is 0 Å². The molecule has 0 aromatic rings. The number of hydrogen-bond acceptors (Lipinski definition) is 3. The van der Waals surface area contributed by atoms with E-state index in [1.807, 2.05) is 20.8 Å². The molecule has 0 aromatic carbocycles. The molecule has 0 bridgehead atoms. The minimum Gasteiger partial charge on any atom is -0.444 e. The van der Waals surface area contributed by atoms with Gasteiger partial charge < -0.3 is 15.4 Å². The highest BCUT2D eigenvalue weighted by Gasteiger charge is 2.31. The van der Waals surface area contributed by atoms with Crippen molar-refractivity contribution in [2.24, 2.45) is 11.8 Å². The van der Waals surface area contributed by atoms with Crippen LogP contribution in [0, 0.1) is 11.8 Å². The largest absolute Gasteiger partial charge is 0.444 e. The number of rotatable bonds is 5. The zero-order valence-electron chi connectivity index (χ0n) is 14.8. The van der Waals surface area contributed by atoms with Crippen molar-refractivity contribution in [3.05, 3.63) is 0 Å². The zero-order chi connectivity index (χ0) is 16.2. The highest BCUT2D eigenvalue weighted by Crippen LogP contribution is 2.30. The first-order valence-corrected chi connectivity index (χ1v) is 9.08. The Labute approximate surface area is 135 Å². The van der Waals surface area contributed by atoms with Gasteiger partial charge in [-0.3, -0.25) is 0 Å². The van der Waals surface area contributed by atoms with Gasteiger partial charge in [0, 0.05) is 18.6 Å². The summed E-state index contributed by atoms with van der Waals surface area (Å²) in [5.74, 6) is 1.39. The molecule has 0 aliphatic heterocycles. The number of amides is 1. The van der Waals surface area contributed by atoms with E-state index in [1.165, 1.54) is 44.9 Å². The molecule has 2 rings (SSSR count). The Balaban J connectivity index is 1.74. The SMILES string of the molecule is C[C@@H](NC1CCCC1CNC(=O)OC(C)(C)C)C1CCCC1. The quantitative estimate of drug-likeness (QED) is 0.811. The van der Waals surface area contributed by atoms with Gasteiger partial charge in [0.15, 0.2) is 0 Å². The predicted octanol–water partition coefficient (Wildman–Crippen LogP) is 3.85. The van der Waals surface area contributed by atoms with Crippen LogP contribution in [0.2, 0.25) is 0 Å². The molecule has 4 nitrogen and oxygen atoms in total. The van der Waals surface area contributed by atoms with Crippen molar-refractivity contribution in [3.8, 4) is 0 Å². The molecular formula is C18H34N2O2. The first-order chi connectivity index (χ1) is 10.3. The van der Waals surface area contributed by atoms with Gasteiger partial charge in [-0.15, -0.1) is 0 Å². The van der Waals surface area contributed by atoms with Gasteiger partial charge in [-0.2, -0.15) is 0 Å². The van der Waals surface area contributed by atoms with E-state index < -0.39 is 5.60 Å². The number of nitrogens with one attached hydrogen (secondary N) is 2. The fourth-order valence-corrected chi connectivity index (χ4v) is 3.96. The highest BCUT2D eigenvalue weighted by atomic mass is 16.6. The summed E-state index contributed by atoms with van der Waals surface area (Å²) < 4.78 is 5.32. The van der Waals surface area contributed by atoms with Crippen LogP contribution in [0.5, 0.6) is 0 Å². The molecule has 128 valence electrons. The molecule has 0 radical (unpaired) electrons. The second-order valence-corrected chi connectivity index (χ2v) is 8.18. The van der Waals surface area contributed by atoms with Crippen LogP contribution >= 0.6 is 0 Å². The molecule has 4 heteroatoms. The summed E-state index contributed by atoms with van der Waals surface area (Å²) in [6.07, 6.45) is 8.94. The number of carbonyl (C=O) groups excluding carboxylic acids is 1. The number of carbonyl (C=O) groups is 1. The summed E-state index contributed by atoms with van der Waals surface area (Å²) in [6.45, 7) is 8.76. The Kier molecular flexibility index (Phi) is 6.13. The van der Waals surface area contributed by atoms with E-state index in [4.69, 9.17) is 4.74 Å². The Morgan fingerprint density at radius 3 is 2.45 bits per heavy atom. The minimum absolute atomic E-state index is 0.290. The summed E-state index contributed by atoms with van der Waals surface area (Å²) in [4.78, 5) is 11.8. The highest BCUT2D eigenvalue weighted by molar-refractivity contribution is 5.67. The van der Waals surface area contributed by atoms with Crippen molar-refractivity contribution in [1.82, 2.24) is 10.6 Å². The Morgan fingerprint density at radius 1 is 1.14 bits per heavy atom. The summed E-state index contributed by atoms with van der Waals surface area (Å²) in [5, 5.41) is 6.80. The van der Waals surface area contributed by atoms with E-state index >= 15 is 0 Å². The Hall–Kier alpha value is -0.770. The monoisotopic (exact) mass is 310 g/mol. The average molecular weight is 310 g/mol. The van der Waals surface area contributed by atoms with Gasteiger partial charge in [-0.1, -0.05) is 19.3 Å². The molecule has 0 heterocycles. The van der Waals surface area contributed by atoms with Crippen LogP contribution in [0.1, 0.15) is 72.6 Å². The lowest BCUT2D eigenvalue weighted by Gasteiger charge is -2.29. The minimum atomic E-state index is -0.422. The maximum atomic E-state index is 11.8. The van der Waals surface area contributed by atoms with Crippen LogP contribution in [-0.4, -0.2) is 30.3 Å². The molecule has 3 atom stereocenters. The number of hydrogen-bond donors (Lipinski definition) is 2. The maximum Gasteiger partial charge on any atom is 0.407 e. The summed E-state index contributed by atoms with van der Waals surface area (Å²) in [7, 11) is 0. The summed E-state index contributed by atoms with van der Waals surface area (Å²) >= 11 is 0. The van der Waals surface area contributed by atoms with Crippen molar-refractivity contribution in [3.63, 3.8) is 0 Å². The molecule has 0 aromatic heterocycles. The van der Waals surface area contributed by atoms with E-state index in [-0.39, 0.29) is 6.09 Å². The topological polar surface area (TPSA) is 50.4 Å². The fraction of sp³-hybridized carbons (Fsp3) is 0.944. The molecule has 2 N–H and O–H groups in total. The molecule has 2 aliphatic carbocycles. The fourth-order valence-electron chi connectivity index (χ4n) is 3.96. The molecule has 22 heavy (non-hydrogen) atoms. The predicted molar refractivity (Wildman–Crippen MR) is 89.9 cm³/mol. The molecular weight excluding hydrogens is 276 g/mol. The molecule has 1 amide bonds. The molecule has 2 aliphatic rings. The van der Waals surface area contributed by atoms with E-state index in [0.717, 1.165) is 12.5 Å². The first-order valence-electron chi connectivity index (χ1n) is 9.08. The smallest absolute Gasteiger partial charge is 0.407 e. The summed E-state index contributed by atoms with van der Waals surface area (Å²) in [5.41, 5.74) is -0.422. The van der Waals surface area contributed by atoms with Crippen LogP contribution in [-0.2, 0) is 4.74 Å². The van der Waals surface area contributed by atoms with Gasteiger partial charge >= 0.3 is 6.09 Å². The number of alkyl carbamates (subject to hydrolysis) is 1. The van der Waals surface area contributed by atoms with Gasteiger partial charge in [0.1, 0.15) is 5.60 Å². The van der Waals surface area contributed by atoms with Gasteiger partial charge in [-0.05, 0) is 65.2 Å². The van der Waals surface area contributed by atoms with Crippen LogP contribution in [0.4, 0.5) is 4.79 Å². The van der Waals surface area contributed by atoms with E-state index in [1.54, 1.807) is 0 Å². The summed E-state index contributed by atoms with van der Waals surface area (Å²) in [6, 6.07) is 1.15. The van der Waals surface area contributed by atoms with Crippen molar-refractivity contribution in [1.29, 1.82) is 0 Å². The molecule has 0 saturated heterocycles. The molecule has 0 spiro atoms. The maximum absolute atomic E-state index is 11.8. The van der Waals surface area contributed by atoms with Crippen LogP contribution in [0.25, 0.3) is 0 Å². The van der Waals surface area contributed by atoms with Crippen LogP contribution in [0.3, 0.4) is 0 Å². The van der Waals surface area contributed by atoms with Crippen LogP contribution < -0.4 is 10.6 Å². The van der Waals surface area contributed by atoms with E-state index in [2.05, 4.69) is 17.6 Å². The van der Waals surface area contributed by atoms with Gasteiger partial charge in [0.2, 0.25) is 0 Å². The van der Waals surface area contributed by atoms with E-state index in [0.29, 0.717) is 18.0 Å². The average Bonchev–Trinajstić information content (AvgIpc) is 3.05. The lowest BCUT2D eigenvalue weighted by molar-refractivity contribution is 0.0517. The standard InChI is InChI=1S/C18H34N2O2/c1-13(14-8-5-6-9-14)20-16-11-7-10-15(16)12-19-17(21)22-18(2,3)4/h13-16,20H,5-12H2,1-4H3,(H,19,21)/t13-,15?,16?/m1/s1. The van der Waals surface area contributed by atoms with Gasteiger partial charge in [-0.25, -0.2) is 4.79 Å². The lowest BCUT2D eigenvalue weighted by Crippen LogP contribution is -2.45. The Morgan fingerprint density at radius 2 is 1.82 bits per heavy atom. The van der Waals surface area contributed by atoms with Gasteiger partial charge in [0.05, 0.1) is 0 Å². The van der Waals surface area contributed by atoms with E-state index in [9.17, 15) is 4.79 Å². The first kappa shape index (κ1) is 17.6. The second-order valence-electron chi connectivity index (χ2n) is 8.18. The third-order valence-electron chi connectivity index (χ3n) is 5.15. The number of ether oxygens (including phenoxy) is 1.